The van der Waals surface area contributed by atoms with E-state index in [9.17, 15) is 14.0 Å². The van der Waals surface area contributed by atoms with Crippen molar-refractivity contribution in [3.8, 4) is 11.8 Å². The molecule has 1 N–H and O–H groups in total. The zero-order valence-corrected chi connectivity index (χ0v) is 15.5. The van der Waals surface area contributed by atoms with Crippen LogP contribution < -0.4 is 0 Å². The second-order valence-corrected chi connectivity index (χ2v) is 7.05. The maximum atomic E-state index is 12.2. The smallest absolute Gasteiger partial charge is 0.103 e. The van der Waals surface area contributed by atoms with Crippen molar-refractivity contribution in [3.63, 3.8) is 0 Å². The van der Waals surface area contributed by atoms with E-state index < -0.39 is 16.3 Å². The molecule has 2 aromatic carbocycles. The number of benzene rings is 2. The average molecular weight is 380 g/mol. The van der Waals surface area contributed by atoms with Gasteiger partial charge >= 0.3 is 0 Å². The summed E-state index contributed by atoms with van der Waals surface area (Å²) in [5.74, 6) is 0. The fraction of sp³-hybridized carbons (Fsp3) is 0.200. The third-order valence-corrected chi connectivity index (χ3v) is 5.21. The van der Waals surface area contributed by atoms with Gasteiger partial charge in [-0.1, -0.05) is 42.5 Å². The Morgan fingerprint density at radius 2 is 1.89 bits per heavy atom. The molecule has 1 heterocycles. The molecular formula is C20H18N3O3S-. The normalized spacial score (nSPS) is 13.1. The number of aryl methyl sites for hydroxylation is 1. The summed E-state index contributed by atoms with van der Waals surface area (Å²) >= 11 is -2.51. The lowest BCUT2D eigenvalue weighted by atomic mass is 10.0. The van der Waals surface area contributed by atoms with Gasteiger partial charge in [0.2, 0.25) is 0 Å². The Labute approximate surface area is 160 Å². The molecule has 2 atom stereocenters. The van der Waals surface area contributed by atoms with Crippen molar-refractivity contribution in [1.29, 1.82) is 5.26 Å². The second-order valence-electron chi connectivity index (χ2n) is 6.06. The molecule has 0 saturated carbocycles. The Morgan fingerprint density at radius 1 is 1.22 bits per heavy atom. The van der Waals surface area contributed by atoms with Gasteiger partial charge in [0.1, 0.15) is 6.07 Å². The first-order valence-electron chi connectivity index (χ1n) is 8.39. The molecule has 0 fully saturated rings. The van der Waals surface area contributed by atoms with Gasteiger partial charge in [0.05, 0.1) is 27.9 Å². The predicted molar refractivity (Wildman–Crippen MR) is 101 cm³/mol. The van der Waals surface area contributed by atoms with E-state index in [2.05, 4.69) is 11.2 Å². The van der Waals surface area contributed by atoms with Gasteiger partial charge in [-0.3, -0.25) is 4.21 Å². The lowest BCUT2D eigenvalue weighted by Gasteiger charge is -2.22. The predicted octanol–water partition coefficient (Wildman–Crippen LogP) is 2.56. The van der Waals surface area contributed by atoms with Crippen LogP contribution in [0, 0.1) is 18.3 Å². The Kier molecular flexibility index (Phi) is 5.81. The van der Waals surface area contributed by atoms with E-state index in [-0.39, 0.29) is 12.2 Å². The highest BCUT2D eigenvalue weighted by atomic mass is 32.2. The van der Waals surface area contributed by atoms with Crippen LogP contribution in [0.2, 0.25) is 0 Å². The van der Waals surface area contributed by atoms with Gasteiger partial charge in [0.15, 0.2) is 0 Å². The first kappa shape index (κ1) is 19.0. The van der Waals surface area contributed by atoms with Crippen molar-refractivity contribution < 1.29 is 13.9 Å². The summed E-state index contributed by atoms with van der Waals surface area (Å²) in [5.41, 5.74) is 3.19. The molecule has 1 aromatic heterocycles. The molecule has 0 spiro atoms. The summed E-state index contributed by atoms with van der Waals surface area (Å²) in [6.45, 7) is 1.71. The number of para-hydroxylation sites is 1. The molecule has 27 heavy (non-hydrogen) atoms. The highest BCUT2D eigenvalue weighted by Gasteiger charge is 2.27. The molecule has 138 valence electrons. The molecule has 0 aliphatic carbocycles. The minimum Gasteiger partial charge on any atom is -0.772 e. The molecule has 6 nitrogen and oxygen atoms in total. The zero-order chi connectivity index (χ0) is 19.4. The van der Waals surface area contributed by atoms with Gasteiger partial charge in [-0.2, -0.15) is 10.4 Å². The molecule has 0 saturated heterocycles. The Balaban J connectivity index is 2.19. The van der Waals surface area contributed by atoms with Gasteiger partial charge < -0.3 is 9.66 Å². The minimum atomic E-state index is -2.51. The summed E-state index contributed by atoms with van der Waals surface area (Å²) in [7, 11) is 0. The van der Waals surface area contributed by atoms with E-state index >= 15 is 0 Å². The van der Waals surface area contributed by atoms with Crippen molar-refractivity contribution >= 4 is 11.1 Å². The largest absolute Gasteiger partial charge is 0.772 e. The fourth-order valence-corrected chi connectivity index (χ4v) is 3.82. The van der Waals surface area contributed by atoms with Crippen LogP contribution >= 0.6 is 0 Å². The number of nitriles is 1. The standard InChI is InChI=1S/C20H19N3O3S/c1-14-18(13-21)19(23(22-14)17-5-3-2-4-6-17)20(27(25)26)16-9-7-15(8-10-16)11-12-24/h2-10,20,24H,11-12H2,1H3,(H,25,26)/p-1. The maximum absolute atomic E-state index is 12.2. The highest BCUT2D eigenvalue weighted by Crippen LogP contribution is 2.33. The van der Waals surface area contributed by atoms with Crippen LogP contribution in [0.25, 0.3) is 5.69 Å². The quantitative estimate of drug-likeness (QED) is 0.662. The zero-order valence-electron chi connectivity index (χ0n) is 14.7. The fourth-order valence-electron chi connectivity index (χ4n) is 3.04. The van der Waals surface area contributed by atoms with Crippen molar-refractivity contribution in [2.24, 2.45) is 0 Å². The first-order valence-corrected chi connectivity index (χ1v) is 9.53. The summed E-state index contributed by atoms with van der Waals surface area (Å²) in [6, 6.07) is 18.2. The number of aliphatic hydroxyl groups is 1. The third-order valence-electron chi connectivity index (χ3n) is 4.33. The van der Waals surface area contributed by atoms with Crippen LogP contribution in [-0.4, -0.2) is 30.3 Å². The van der Waals surface area contributed by atoms with Gasteiger partial charge in [0.25, 0.3) is 0 Å². The van der Waals surface area contributed by atoms with Gasteiger partial charge in [-0.05, 0) is 47.7 Å². The van der Waals surface area contributed by atoms with Crippen LogP contribution in [0.4, 0.5) is 0 Å². The van der Waals surface area contributed by atoms with Crippen LogP contribution in [0.15, 0.2) is 54.6 Å². The molecular weight excluding hydrogens is 362 g/mol. The van der Waals surface area contributed by atoms with Gasteiger partial charge in [-0.25, -0.2) is 4.68 Å². The molecule has 2 unspecified atom stereocenters. The van der Waals surface area contributed by atoms with E-state index in [0.29, 0.717) is 29.1 Å². The van der Waals surface area contributed by atoms with Crippen LogP contribution in [0.5, 0.6) is 0 Å². The molecule has 3 rings (SSSR count). The number of hydrogen-bond acceptors (Lipinski definition) is 5. The Morgan fingerprint density at radius 3 is 2.44 bits per heavy atom. The molecule has 7 heteroatoms. The van der Waals surface area contributed by atoms with E-state index in [4.69, 9.17) is 5.11 Å². The molecule has 0 aliphatic heterocycles. The number of aliphatic hydroxyl groups excluding tert-OH is 1. The van der Waals surface area contributed by atoms with Gasteiger partial charge in [-0.15, -0.1) is 0 Å². The van der Waals surface area contributed by atoms with E-state index in [1.54, 1.807) is 31.2 Å². The number of rotatable bonds is 6. The highest BCUT2D eigenvalue weighted by molar-refractivity contribution is 7.79. The van der Waals surface area contributed by atoms with Crippen LogP contribution in [0.3, 0.4) is 0 Å². The Hall–Kier alpha value is -2.79. The van der Waals surface area contributed by atoms with Crippen molar-refractivity contribution in [1.82, 2.24) is 9.78 Å². The average Bonchev–Trinajstić information content (AvgIpc) is 3.00. The lowest BCUT2D eigenvalue weighted by molar-refractivity contribution is 0.299. The molecule has 0 bridgehead atoms. The van der Waals surface area contributed by atoms with Gasteiger partial charge in [0, 0.05) is 6.61 Å². The summed E-state index contributed by atoms with van der Waals surface area (Å²) < 4.78 is 25.9. The van der Waals surface area contributed by atoms with Crippen molar-refractivity contribution in [3.05, 3.63) is 82.7 Å². The topological polar surface area (TPSA) is 102 Å². The lowest BCUT2D eigenvalue weighted by Crippen LogP contribution is -2.15. The number of hydrogen-bond donors (Lipinski definition) is 1. The molecule has 0 radical (unpaired) electrons. The van der Waals surface area contributed by atoms with E-state index in [0.717, 1.165) is 5.56 Å². The maximum Gasteiger partial charge on any atom is 0.103 e. The van der Waals surface area contributed by atoms with E-state index in [1.807, 2.05) is 30.3 Å². The monoisotopic (exact) mass is 380 g/mol. The number of nitrogens with zero attached hydrogens (tertiary/aromatic N) is 3. The molecule has 3 aromatic rings. The van der Waals surface area contributed by atoms with E-state index in [1.165, 1.54) is 4.68 Å². The second kappa shape index (κ2) is 8.27. The van der Waals surface area contributed by atoms with Crippen molar-refractivity contribution in [2.75, 3.05) is 6.61 Å². The molecule has 0 aliphatic rings. The van der Waals surface area contributed by atoms with Crippen LogP contribution in [-0.2, 0) is 17.5 Å². The number of aromatic nitrogens is 2. The molecule has 0 amide bonds. The first-order chi connectivity index (χ1) is 13.1. The minimum absolute atomic E-state index is 0.0226. The SMILES string of the molecule is Cc1nn(-c2ccccc2)c(C(c2ccc(CCO)cc2)S(=O)[O-])c1C#N. The summed E-state index contributed by atoms with van der Waals surface area (Å²) in [4.78, 5) is 0. The van der Waals surface area contributed by atoms with Crippen molar-refractivity contribution in [2.45, 2.75) is 18.6 Å². The third kappa shape index (κ3) is 3.83. The Bertz CT molecular complexity index is 992. The van der Waals surface area contributed by atoms with Crippen LogP contribution in [0.1, 0.15) is 33.3 Å². The summed E-state index contributed by atoms with van der Waals surface area (Å²) in [6.07, 6.45) is 0.496. The summed E-state index contributed by atoms with van der Waals surface area (Å²) in [5, 5.41) is 22.0.